The molecule has 0 saturated carbocycles. The van der Waals surface area contributed by atoms with Gasteiger partial charge in [0.25, 0.3) is 5.91 Å². The van der Waals surface area contributed by atoms with Gasteiger partial charge in [0, 0.05) is 6.54 Å². The minimum absolute atomic E-state index is 0.172. The molecule has 1 fully saturated rings. The minimum atomic E-state index is -4.69. The number of amides is 1. The first-order valence-corrected chi connectivity index (χ1v) is 10.1. The van der Waals surface area contributed by atoms with E-state index in [9.17, 15) is 27.2 Å². The summed E-state index contributed by atoms with van der Waals surface area (Å²) in [7, 11) is 0. The second-order valence-electron chi connectivity index (χ2n) is 7.28. The van der Waals surface area contributed by atoms with Crippen molar-refractivity contribution in [3.63, 3.8) is 0 Å². The number of likely N-dealkylation sites (tertiary alicyclic amines) is 1. The number of nitrogens with zero attached hydrogens (tertiary/aromatic N) is 1. The molecule has 1 heterocycles. The summed E-state index contributed by atoms with van der Waals surface area (Å²) < 4.78 is 58.0. The van der Waals surface area contributed by atoms with Crippen molar-refractivity contribution >= 4 is 11.9 Å². The van der Waals surface area contributed by atoms with Gasteiger partial charge in [0.1, 0.15) is 11.9 Å². The van der Waals surface area contributed by atoms with Crippen LogP contribution in [0.3, 0.4) is 0 Å². The summed E-state index contributed by atoms with van der Waals surface area (Å²) in [6.07, 6.45) is 2.34. The molecule has 8 heteroatoms. The van der Waals surface area contributed by atoms with Crippen LogP contribution >= 0.6 is 0 Å². The predicted molar refractivity (Wildman–Crippen MR) is 99.8 cm³/mol. The second kappa shape index (κ2) is 10.6. The van der Waals surface area contributed by atoms with Gasteiger partial charge in [-0.3, -0.25) is 4.79 Å². The molecule has 0 aliphatic carbocycles. The van der Waals surface area contributed by atoms with Crippen LogP contribution in [0, 0.1) is 5.82 Å². The summed E-state index contributed by atoms with van der Waals surface area (Å²) in [5, 5.41) is 0. The summed E-state index contributed by atoms with van der Waals surface area (Å²) >= 11 is 0. The first kappa shape index (κ1) is 23.2. The van der Waals surface area contributed by atoms with E-state index in [1.165, 1.54) is 6.42 Å². The van der Waals surface area contributed by atoms with Crippen LogP contribution in [0.5, 0.6) is 0 Å². The van der Waals surface area contributed by atoms with Gasteiger partial charge in [-0.15, -0.1) is 0 Å². The van der Waals surface area contributed by atoms with Crippen molar-refractivity contribution in [2.45, 2.75) is 70.5 Å². The monoisotopic (exact) mass is 417 g/mol. The lowest BCUT2D eigenvalue weighted by Crippen LogP contribution is -2.42. The zero-order valence-electron chi connectivity index (χ0n) is 16.6. The summed E-state index contributed by atoms with van der Waals surface area (Å²) in [6, 6.07) is 0.811. The van der Waals surface area contributed by atoms with Crippen LogP contribution in [0.1, 0.15) is 74.2 Å². The van der Waals surface area contributed by atoms with Gasteiger partial charge in [0.05, 0.1) is 17.7 Å². The van der Waals surface area contributed by atoms with Crippen LogP contribution in [-0.2, 0) is 15.7 Å². The van der Waals surface area contributed by atoms with Crippen LogP contribution in [0.2, 0.25) is 0 Å². The molecule has 4 nitrogen and oxygen atoms in total. The number of rotatable bonds is 9. The Kier molecular flexibility index (Phi) is 8.46. The lowest BCUT2D eigenvalue weighted by molar-refractivity contribution is -0.148. The highest BCUT2D eigenvalue weighted by Crippen LogP contribution is 2.31. The molecule has 1 aliphatic rings. The SMILES string of the molecule is CCCCCCCCOC(=O)C1CCCN1C(=O)c1cc(C(F)(F)F)ccc1F. The van der Waals surface area contributed by atoms with E-state index in [4.69, 9.17) is 4.74 Å². The lowest BCUT2D eigenvalue weighted by Gasteiger charge is -2.24. The number of carbonyl (C=O) groups is 2. The fraction of sp³-hybridized carbons (Fsp3) is 0.619. The normalized spacial score (nSPS) is 16.9. The van der Waals surface area contributed by atoms with Crippen molar-refractivity contribution in [3.8, 4) is 0 Å². The molecule has 0 spiro atoms. The number of unbranched alkanes of at least 4 members (excludes halogenated alkanes) is 5. The molecule has 1 atom stereocenters. The number of esters is 1. The number of benzene rings is 1. The predicted octanol–water partition coefficient (Wildman–Crippen LogP) is 5.35. The number of halogens is 4. The number of ether oxygens (including phenoxy) is 1. The van der Waals surface area contributed by atoms with Crippen LogP contribution in [-0.4, -0.2) is 36.0 Å². The van der Waals surface area contributed by atoms with Gasteiger partial charge in [-0.1, -0.05) is 39.0 Å². The highest BCUT2D eigenvalue weighted by Gasteiger charge is 2.38. The van der Waals surface area contributed by atoms with E-state index in [2.05, 4.69) is 6.92 Å². The van der Waals surface area contributed by atoms with Crippen molar-refractivity contribution in [2.24, 2.45) is 0 Å². The summed E-state index contributed by atoms with van der Waals surface area (Å²) in [6.45, 7) is 2.54. The standard InChI is InChI=1S/C21H27F4NO3/c1-2-3-4-5-6-7-13-29-20(28)18-9-8-12-26(18)19(27)16-14-15(21(23,24)25)10-11-17(16)22/h10-11,14,18H,2-9,12-13H2,1H3. The van der Waals surface area contributed by atoms with Crippen molar-refractivity contribution < 1.29 is 31.9 Å². The van der Waals surface area contributed by atoms with E-state index in [1.54, 1.807) is 0 Å². The molecule has 0 radical (unpaired) electrons. The fourth-order valence-electron chi connectivity index (χ4n) is 3.43. The van der Waals surface area contributed by atoms with Gasteiger partial charge >= 0.3 is 12.1 Å². The molecule has 1 unspecified atom stereocenters. The Hall–Kier alpha value is -2.12. The van der Waals surface area contributed by atoms with Gasteiger partial charge in [0.2, 0.25) is 0 Å². The maximum Gasteiger partial charge on any atom is 0.416 e. The Balaban J connectivity index is 1.96. The van der Waals surface area contributed by atoms with Crippen LogP contribution in [0.4, 0.5) is 17.6 Å². The maximum absolute atomic E-state index is 14.0. The van der Waals surface area contributed by atoms with E-state index in [1.807, 2.05) is 0 Å². The van der Waals surface area contributed by atoms with Gasteiger partial charge in [-0.2, -0.15) is 13.2 Å². The Labute approximate surface area is 168 Å². The average molecular weight is 417 g/mol. The van der Waals surface area contributed by atoms with Crippen LogP contribution in [0.15, 0.2) is 18.2 Å². The number of hydrogen-bond donors (Lipinski definition) is 0. The highest BCUT2D eigenvalue weighted by atomic mass is 19.4. The first-order valence-electron chi connectivity index (χ1n) is 10.1. The van der Waals surface area contributed by atoms with Crippen molar-refractivity contribution in [1.29, 1.82) is 0 Å². The molecule has 162 valence electrons. The van der Waals surface area contributed by atoms with Gasteiger partial charge in [-0.25, -0.2) is 9.18 Å². The quantitative estimate of drug-likeness (QED) is 0.309. The lowest BCUT2D eigenvalue weighted by atomic mass is 10.1. The Bertz CT molecular complexity index is 706. The largest absolute Gasteiger partial charge is 0.464 e. The van der Waals surface area contributed by atoms with Gasteiger partial charge in [-0.05, 0) is 37.5 Å². The van der Waals surface area contributed by atoms with E-state index in [0.717, 1.165) is 37.0 Å². The number of hydrogen-bond acceptors (Lipinski definition) is 3. The summed E-state index contributed by atoms with van der Waals surface area (Å²) in [5.74, 6) is -2.56. The zero-order valence-corrected chi connectivity index (χ0v) is 16.6. The molecular formula is C21H27F4NO3. The van der Waals surface area contributed by atoms with E-state index in [0.29, 0.717) is 31.0 Å². The number of carbonyl (C=O) groups excluding carboxylic acids is 2. The van der Waals surface area contributed by atoms with Crippen molar-refractivity contribution in [2.75, 3.05) is 13.2 Å². The topological polar surface area (TPSA) is 46.6 Å². The minimum Gasteiger partial charge on any atom is -0.464 e. The molecule has 0 aromatic heterocycles. The second-order valence-corrected chi connectivity index (χ2v) is 7.28. The molecule has 0 N–H and O–H groups in total. The average Bonchev–Trinajstić information content (AvgIpc) is 3.16. The summed E-state index contributed by atoms with van der Waals surface area (Å²) in [5.41, 5.74) is -1.79. The molecule has 1 aliphatic heterocycles. The molecule has 1 aromatic rings. The molecule has 1 amide bonds. The van der Waals surface area contributed by atoms with E-state index >= 15 is 0 Å². The molecule has 29 heavy (non-hydrogen) atoms. The molecule has 1 aromatic carbocycles. The Morgan fingerprint density at radius 2 is 1.83 bits per heavy atom. The Morgan fingerprint density at radius 1 is 1.14 bits per heavy atom. The summed E-state index contributed by atoms with van der Waals surface area (Å²) in [4.78, 5) is 26.1. The van der Waals surface area contributed by atoms with E-state index < -0.39 is 41.0 Å². The van der Waals surface area contributed by atoms with Crippen molar-refractivity contribution in [3.05, 3.63) is 35.1 Å². The third kappa shape index (κ3) is 6.44. The van der Waals surface area contributed by atoms with E-state index in [-0.39, 0.29) is 13.2 Å². The smallest absolute Gasteiger partial charge is 0.416 e. The number of alkyl halides is 3. The van der Waals surface area contributed by atoms with Crippen molar-refractivity contribution in [1.82, 2.24) is 4.90 Å². The molecule has 2 rings (SSSR count). The third-order valence-electron chi connectivity index (χ3n) is 5.05. The molecule has 1 saturated heterocycles. The zero-order chi connectivity index (χ0) is 21.4. The fourth-order valence-corrected chi connectivity index (χ4v) is 3.43. The molecule has 0 bridgehead atoms. The maximum atomic E-state index is 14.0. The van der Waals surface area contributed by atoms with Crippen LogP contribution in [0.25, 0.3) is 0 Å². The first-order chi connectivity index (χ1) is 13.8. The highest BCUT2D eigenvalue weighted by molar-refractivity contribution is 5.97. The van der Waals surface area contributed by atoms with Crippen LogP contribution < -0.4 is 0 Å². The Morgan fingerprint density at radius 3 is 2.52 bits per heavy atom. The third-order valence-corrected chi connectivity index (χ3v) is 5.05. The van der Waals surface area contributed by atoms with Gasteiger partial charge in [0.15, 0.2) is 0 Å². The van der Waals surface area contributed by atoms with Gasteiger partial charge < -0.3 is 9.64 Å². The molecular weight excluding hydrogens is 390 g/mol.